The molecule has 1 heterocycles. The van der Waals surface area contributed by atoms with E-state index in [1.165, 1.54) is 12.4 Å². The van der Waals surface area contributed by atoms with Gasteiger partial charge in [-0.05, 0) is 19.4 Å². The van der Waals surface area contributed by atoms with Crippen LogP contribution in [0, 0.1) is 6.92 Å². The van der Waals surface area contributed by atoms with Gasteiger partial charge in [0.2, 0.25) is 16.0 Å². The van der Waals surface area contributed by atoms with E-state index in [0.29, 0.717) is 12.5 Å². The molecule has 0 saturated carbocycles. The maximum atomic E-state index is 12.1. The van der Waals surface area contributed by atoms with Crippen LogP contribution >= 0.6 is 0 Å². The third-order valence-electron chi connectivity index (χ3n) is 2.86. The Balaban J connectivity index is 2.05. The van der Waals surface area contributed by atoms with Gasteiger partial charge in [-0.1, -0.05) is 29.8 Å². The average molecular weight is 306 g/mol. The minimum Gasteiger partial charge on any atom is -0.355 e. The van der Waals surface area contributed by atoms with E-state index in [-0.39, 0.29) is 11.4 Å². The zero-order valence-corrected chi connectivity index (χ0v) is 12.8. The van der Waals surface area contributed by atoms with Gasteiger partial charge in [0, 0.05) is 13.1 Å². The van der Waals surface area contributed by atoms with Crippen LogP contribution in [0.15, 0.2) is 41.6 Å². The van der Waals surface area contributed by atoms with Gasteiger partial charge in [0.05, 0.1) is 12.4 Å². The van der Waals surface area contributed by atoms with Gasteiger partial charge in [-0.2, -0.15) is 0 Å². The summed E-state index contributed by atoms with van der Waals surface area (Å²) in [6, 6.07) is 7.67. The van der Waals surface area contributed by atoms with Crippen molar-refractivity contribution in [2.24, 2.45) is 0 Å². The Morgan fingerprint density at radius 3 is 2.29 bits per heavy atom. The number of sulfonamides is 1. The van der Waals surface area contributed by atoms with E-state index in [0.717, 1.165) is 11.1 Å². The van der Waals surface area contributed by atoms with Crippen LogP contribution in [0.4, 0.5) is 5.95 Å². The van der Waals surface area contributed by atoms with E-state index in [9.17, 15) is 8.42 Å². The van der Waals surface area contributed by atoms with Crippen molar-refractivity contribution in [3.8, 4) is 0 Å². The maximum absolute atomic E-state index is 12.1. The van der Waals surface area contributed by atoms with E-state index in [4.69, 9.17) is 0 Å². The molecule has 2 N–H and O–H groups in total. The number of rotatable bonds is 6. The summed E-state index contributed by atoms with van der Waals surface area (Å²) in [5.74, 6) is 0.412. The topological polar surface area (TPSA) is 84.0 Å². The highest BCUT2D eigenvalue weighted by Gasteiger charge is 2.14. The first-order valence-corrected chi connectivity index (χ1v) is 8.10. The predicted octanol–water partition coefficient (Wildman–Crippen LogP) is 1.70. The molecule has 0 aliphatic rings. The fourth-order valence-electron chi connectivity index (χ4n) is 1.67. The third-order valence-corrected chi connectivity index (χ3v) is 4.22. The summed E-state index contributed by atoms with van der Waals surface area (Å²) in [5, 5.41) is 2.91. The van der Waals surface area contributed by atoms with Crippen molar-refractivity contribution in [1.29, 1.82) is 0 Å². The number of anilines is 1. The van der Waals surface area contributed by atoms with Gasteiger partial charge in [0.1, 0.15) is 4.90 Å². The number of hydrogen-bond donors (Lipinski definition) is 2. The van der Waals surface area contributed by atoms with Crippen LogP contribution in [-0.2, 0) is 16.6 Å². The van der Waals surface area contributed by atoms with Crippen molar-refractivity contribution >= 4 is 16.0 Å². The van der Waals surface area contributed by atoms with Crippen LogP contribution in [0.5, 0.6) is 0 Å². The summed E-state index contributed by atoms with van der Waals surface area (Å²) in [7, 11) is -3.60. The van der Waals surface area contributed by atoms with E-state index in [1.54, 1.807) is 0 Å². The fraction of sp³-hybridized carbons (Fsp3) is 0.286. The standard InChI is InChI=1S/C14H18N4O2S/c1-3-15-14-16-9-13(10-17-14)21(19,20)18-8-12-6-4-11(2)5-7-12/h4-7,9-10,18H,3,8H2,1-2H3,(H,15,16,17). The summed E-state index contributed by atoms with van der Waals surface area (Å²) >= 11 is 0. The summed E-state index contributed by atoms with van der Waals surface area (Å²) < 4.78 is 26.8. The molecule has 0 spiro atoms. The second-order valence-electron chi connectivity index (χ2n) is 4.58. The van der Waals surface area contributed by atoms with Crippen LogP contribution in [0.25, 0.3) is 0 Å². The largest absolute Gasteiger partial charge is 0.355 e. The highest BCUT2D eigenvalue weighted by molar-refractivity contribution is 7.89. The Hall–Kier alpha value is -1.99. The first kappa shape index (κ1) is 15.4. The molecule has 0 amide bonds. The second kappa shape index (κ2) is 6.64. The van der Waals surface area contributed by atoms with Crippen molar-refractivity contribution in [2.45, 2.75) is 25.3 Å². The fourth-order valence-corrected chi connectivity index (χ4v) is 2.58. The maximum Gasteiger partial charge on any atom is 0.243 e. The zero-order valence-electron chi connectivity index (χ0n) is 12.0. The summed E-state index contributed by atoms with van der Waals surface area (Å²) in [4.78, 5) is 7.97. The number of nitrogens with zero attached hydrogens (tertiary/aromatic N) is 2. The number of nitrogens with one attached hydrogen (secondary N) is 2. The van der Waals surface area contributed by atoms with Crippen molar-refractivity contribution in [3.63, 3.8) is 0 Å². The third kappa shape index (κ3) is 4.24. The van der Waals surface area contributed by atoms with Gasteiger partial charge in [-0.15, -0.1) is 0 Å². The average Bonchev–Trinajstić information content (AvgIpc) is 2.48. The number of aryl methyl sites for hydroxylation is 1. The highest BCUT2D eigenvalue weighted by atomic mass is 32.2. The minimum absolute atomic E-state index is 0.0521. The normalized spacial score (nSPS) is 11.3. The highest BCUT2D eigenvalue weighted by Crippen LogP contribution is 2.09. The van der Waals surface area contributed by atoms with Crippen LogP contribution < -0.4 is 10.0 Å². The van der Waals surface area contributed by atoms with E-state index < -0.39 is 10.0 Å². The van der Waals surface area contributed by atoms with Gasteiger partial charge < -0.3 is 5.32 Å². The monoisotopic (exact) mass is 306 g/mol. The lowest BCUT2D eigenvalue weighted by molar-refractivity contribution is 0.580. The molecule has 0 aliphatic heterocycles. The summed E-state index contributed by atoms with van der Waals surface area (Å²) in [6.07, 6.45) is 2.59. The second-order valence-corrected chi connectivity index (χ2v) is 6.35. The molecule has 0 bridgehead atoms. The van der Waals surface area contributed by atoms with Gasteiger partial charge >= 0.3 is 0 Å². The Labute approximate surface area is 124 Å². The van der Waals surface area contributed by atoms with Crippen LogP contribution in [0.3, 0.4) is 0 Å². The van der Waals surface area contributed by atoms with Crippen LogP contribution in [0.1, 0.15) is 18.1 Å². The Kier molecular flexibility index (Phi) is 4.87. The van der Waals surface area contributed by atoms with Crippen molar-refractivity contribution < 1.29 is 8.42 Å². The van der Waals surface area contributed by atoms with Gasteiger partial charge in [0.25, 0.3) is 0 Å². The molecule has 0 fully saturated rings. The number of benzene rings is 1. The molecular formula is C14H18N4O2S. The predicted molar refractivity (Wildman–Crippen MR) is 81.4 cm³/mol. The van der Waals surface area contributed by atoms with E-state index in [1.807, 2.05) is 38.1 Å². The Bertz CT molecular complexity index is 682. The smallest absolute Gasteiger partial charge is 0.243 e. The van der Waals surface area contributed by atoms with Gasteiger partial charge in [0.15, 0.2) is 0 Å². The number of aromatic nitrogens is 2. The van der Waals surface area contributed by atoms with E-state index in [2.05, 4.69) is 20.0 Å². The van der Waals surface area contributed by atoms with Crippen LogP contribution in [0.2, 0.25) is 0 Å². The summed E-state index contributed by atoms with van der Waals surface area (Å²) in [5.41, 5.74) is 2.03. The lowest BCUT2D eigenvalue weighted by Crippen LogP contribution is -2.23. The molecule has 0 aliphatic carbocycles. The van der Waals surface area contributed by atoms with Gasteiger partial charge in [-0.25, -0.2) is 23.1 Å². The molecule has 2 aromatic rings. The first-order chi connectivity index (χ1) is 10.0. The van der Waals surface area contributed by atoms with Crippen molar-refractivity contribution in [1.82, 2.24) is 14.7 Å². The molecule has 2 rings (SSSR count). The van der Waals surface area contributed by atoms with Crippen molar-refractivity contribution in [3.05, 3.63) is 47.8 Å². The molecule has 0 unspecified atom stereocenters. The Morgan fingerprint density at radius 2 is 1.71 bits per heavy atom. The molecule has 1 aromatic carbocycles. The summed E-state index contributed by atoms with van der Waals surface area (Å²) in [6.45, 7) is 4.81. The molecule has 6 nitrogen and oxygen atoms in total. The van der Waals surface area contributed by atoms with Crippen molar-refractivity contribution in [2.75, 3.05) is 11.9 Å². The number of hydrogen-bond acceptors (Lipinski definition) is 5. The molecule has 0 radical (unpaired) electrons. The van der Waals surface area contributed by atoms with E-state index >= 15 is 0 Å². The Morgan fingerprint density at radius 1 is 1.10 bits per heavy atom. The molecule has 7 heteroatoms. The lowest BCUT2D eigenvalue weighted by Gasteiger charge is -2.07. The minimum atomic E-state index is -3.60. The molecule has 21 heavy (non-hydrogen) atoms. The van der Waals surface area contributed by atoms with Gasteiger partial charge in [-0.3, -0.25) is 0 Å². The first-order valence-electron chi connectivity index (χ1n) is 6.62. The lowest BCUT2D eigenvalue weighted by atomic mass is 10.2. The quantitative estimate of drug-likeness (QED) is 0.848. The molecule has 112 valence electrons. The molecule has 1 aromatic heterocycles. The zero-order chi connectivity index (χ0) is 15.3. The molecule has 0 atom stereocenters. The van der Waals surface area contributed by atoms with Crippen LogP contribution in [-0.4, -0.2) is 24.9 Å². The molecule has 0 saturated heterocycles. The SMILES string of the molecule is CCNc1ncc(S(=O)(=O)NCc2ccc(C)cc2)cn1. The molecular weight excluding hydrogens is 288 g/mol.